The molecule has 2 aromatic rings. The highest BCUT2D eigenvalue weighted by molar-refractivity contribution is 7.18. The lowest BCUT2D eigenvalue weighted by Crippen LogP contribution is -2.41. The summed E-state index contributed by atoms with van der Waals surface area (Å²) in [5.41, 5.74) is 6.24. The number of hydrogen-bond donors (Lipinski definition) is 2. The van der Waals surface area contributed by atoms with Gasteiger partial charge in [0.25, 0.3) is 0 Å². The predicted molar refractivity (Wildman–Crippen MR) is 104 cm³/mol. The number of nitrogens with zero attached hydrogens (tertiary/aromatic N) is 3. The molecule has 26 heavy (non-hydrogen) atoms. The second-order valence-electron chi connectivity index (χ2n) is 6.04. The molecule has 0 saturated carbocycles. The molecule has 1 heterocycles. The van der Waals surface area contributed by atoms with Crippen LogP contribution in [0.15, 0.2) is 18.2 Å². The summed E-state index contributed by atoms with van der Waals surface area (Å²) in [4.78, 5) is 6.18. The van der Waals surface area contributed by atoms with E-state index in [0.29, 0.717) is 40.1 Å². The average Bonchev–Trinajstić information content (AvgIpc) is 3.13. The Kier molecular flexibility index (Phi) is 8.02. The fraction of sp³-hybridized carbons (Fsp3) is 0.529. The zero-order chi connectivity index (χ0) is 19.1. The van der Waals surface area contributed by atoms with E-state index in [1.54, 1.807) is 24.1 Å². The van der Waals surface area contributed by atoms with E-state index in [0.717, 1.165) is 12.8 Å². The fourth-order valence-electron chi connectivity index (χ4n) is 2.74. The van der Waals surface area contributed by atoms with Gasteiger partial charge in [-0.2, -0.15) is 0 Å². The number of benzene rings is 1. The highest BCUT2D eigenvalue weighted by Gasteiger charge is 2.27. The Bertz CT molecular complexity index is 703. The molecule has 2 atom stereocenters. The van der Waals surface area contributed by atoms with Gasteiger partial charge in [-0.25, -0.2) is 9.65 Å². The van der Waals surface area contributed by atoms with Gasteiger partial charge in [-0.3, -0.25) is 0 Å². The Morgan fingerprint density at radius 1 is 1.38 bits per heavy atom. The van der Waals surface area contributed by atoms with Crippen LogP contribution in [-0.2, 0) is 0 Å². The van der Waals surface area contributed by atoms with E-state index < -0.39 is 6.17 Å². The third kappa shape index (κ3) is 5.03. The van der Waals surface area contributed by atoms with Crippen molar-refractivity contribution in [3.8, 4) is 16.3 Å². The molecule has 9 heteroatoms. The summed E-state index contributed by atoms with van der Waals surface area (Å²) in [6.45, 7) is 2.44. The van der Waals surface area contributed by atoms with Crippen LogP contribution in [0.1, 0.15) is 32.6 Å². The molecule has 2 rings (SSSR count). The maximum atomic E-state index is 14.7. The number of anilines is 1. The second-order valence-corrected chi connectivity index (χ2v) is 7.43. The Hall–Kier alpha value is -1.48. The zero-order valence-electron chi connectivity index (χ0n) is 14.9. The fourth-order valence-corrected chi connectivity index (χ4v) is 3.79. The Labute approximate surface area is 161 Å². The van der Waals surface area contributed by atoms with Crippen LogP contribution < -0.4 is 15.5 Å². The van der Waals surface area contributed by atoms with Crippen LogP contribution in [0.5, 0.6) is 5.75 Å². The van der Waals surface area contributed by atoms with Crippen molar-refractivity contribution in [1.82, 2.24) is 10.2 Å². The number of aromatic nitrogens is 2. The Morgan fingerprint density at radius 3 is 2.81 bits per heavy atom. The van der Waals surface area contributed by atoms with Gasteiger partial charge in [-0.15, -0.1) is 10.2 Å². The van der Waals surface area contributed by atoms with E-state index >= 15 is 0 Å². The minimum Gasteiger partial charge on any atom is -0.344 e. The quantitative estimate of drug-likeness (QED) is 0.452. The van der Waals surface area contributed by atoms with Gasteiger partial charge in [0.05, 0.1) is 11.6 Å². The van der Waals surface area contributed by atoms with Gasteiger partial charge in [0.15, 0.2) is 10.8 Å². The molecule has 0 fully saturated rings. The average molecular weight is 403 g/mol. The number of hydrogen-bond acceptors (Lipinski definition) is 7. The number of nitrogens with two attached hydrogens (primary N) is 1. The molecule has 1 aromatic carbocycles. The molecule has 0 radical (unpaired) electrons. The van der Waals surface area contributed by atoms with Crippen LogP contribution in [0.3, 0.4) is 0 Å². The number of unbranched alkanes of at least 4 members (excludes halogenated alkanes) is 1. The minimum atomic E-state index is -0.984. The topological polar surface area (TPSA) is 84.5 Å². The summed E-state index contributed by atoms with van der Waals surface area (Å²) < 4.78 is 14.7. The Balaban J connectivity index is 2.23. The van der Waals surface area contributed by atoms with Gasteiger partial charge in [-0.05, 0) is 31.5 Å². The van der Waals surface area contributed by atoms with E-state index in [9.17, 15) is 4.39 Å². The molecule has 0 aliphatic heterocycles. The highest BCUT2D eigenvalue weighted by atomic mass is 35.5. The summed E-state index contributed by atoms with van der Waals surface area (Å²) in [6.07, 6.45) is 1.82. The SMILES string of the molecule is CCCC[C@H](F)[C@@H](CCN)N(C)c1nnc(-c2ccc(Cl)cc2OO)s1. The van der Waals surface area contributed by atoms with E-state index in [2.05, 4.69) is 15.1 Å². The van der Waals surface area contributed by atoms with Crippen molar-refractivity contribution in [3.05, 3.63) is 23.2 Å². The molecule has 0 aliphatic carbocycles. The summed E-state index contributed by atoms with van der Waals surface area (Å²) in [7, 11) is 1.80. The maximum Gasteiger partial charge on any atom is 0.208 e. The molecule has 3 N–H and O–H groups in total. The minimum absolute atomic E-state index is 0.188. The first-order valence-electron chi connectivity index (χ1n) is 8.53. The molecule has 1 aromatic heterocycles. The van der Waals surface area contributed by atoms with Crippen molar-refractivity contribution >= 4 is 28.1 Å². The number of alkyl halides is 1. The summed E-state index contributed by atoms with van der Waals surface area (Å²) in [5, 5.41) is 18.9. The summed E-state index contributed by atoms with van der Waals surface area (Å²) >= 11 is 7.19. The van der Waals surface area contributed by atoms with Crippen LogP contribution >= 0.6 is 22.9 Å². The van der Waals surface area contributed by atoms with Crippen LogP contribution in [0, 0.1) is 0 Å². The molecule has 0 amide bonds. The maximum absolute atomic E-state index is 14.7. The van der Waals surface area contributed by atoms with Crippen molar-refractivity contribution in [3.63, 3.8) is 0 Å². The molecular formula is C17H24ClFN4O2S. The van der Waals surface area contributed by atoms with Crippen LogP contribution in [0.2, 0.25) is 5.02 Å². The first-order valence-corrected chi connectivity index (χ1v) is 9.73. The van der Waals surface area contributed by atoms with Crippen molar-refractivity contribution in [2.75, 3.05) is 18.5 Å². The number of halogens is 2. The lowest BCUT2D eigenvalue weighted by molar-refractivity contribution is -0.137. The predicted octanol–water partition coefficient (Wildman–Crippen LogP) is 4.39. The van der Waals surface area contributed by atoms with E-state index in [1.165, 1.54) is 17.4 Å². The largest absolute Gasteiger partial charge is 0.344 e. The third-order valence-electron chi connectivity index (χ3n) is 4.20. The summed E-state index contributed by atoms with van der Waals surface area (Å²) in [5.74, 6) is 0.188. The van der Waals surface area contributed by atoms with Gasteiger partial charge in [0.2, 0.25) is 5.13 Å². The lowest BCUT2D eigenvalue weighted by Gasteiger charge is -2.30. The molecule has 0 saturated heterocycles. The highest BCUT2D eigenvalue weighted by Crippen LogP contribution is 2.36. The Morgan fingerprint density at radius 2 is 2.15 bits per heavy atom. The van der Waals surface area contributed by atoms with Crippen LogP contribution in [0.25, 0.3) is 10.6 Å². The summed E-state index contributed by atoms with van der Waals surface area (Å²) in [6, 6.07) is 4.49. The molecular weight excluding hydrogens is 379 g/mol. The van der Waals surface area contributed by atoms with Crippen molar-refractivity contribution in [2.24, 2.45) is 5.73 Å². The van der Waals surface area contributed by atoms with Gasteiger partial charge in [-0.1, -0.05) is 42.7 Å². The normalized spacial score (nSPS) is 13.5. The van der Waals surface area contributed by atoms with Crippen LogP contribution in [-0.4, -0.2) is 41.3 Å². The van der Waals surface area contributed by atoms with Crippen LogP contribution in [0.4, 0.5) is 9.52 Å². The van der Waals surface area contributed by atoms with Gasteiger partial charge in [0.1, 0.15) is 6.17 Å². The molecule has 144 valence electrons. The van der Waals surface area contributed by atoms with E-state index in [-0.39, 0.29) is 11.8 Å². The van der Waals surface area contributed by atoms with Crippen molar-refractivity contribution in [1.29, 1.82) is 0 Å². The van der Waals surface area contributed by atoms with Crippen molar-refractivity contribution < 1.29 is 14.5 Å². The van der Waals surface area contributed by atoms with E-state index in [4.69, 9.17) is 22.6 Å². The van der Waals surface area contributed by atoms with E-state index in [1.807, 2.05) is 6.92 Å². The van der Waals surface area contributed by atoms with Gasteiger partial charge in [0, 0.05) is 18.1 Å². The molecule has 0 aliphatic rings. The smallest absolute Gasteiger partial charge is 0.208 e. The van der Waals surface area contributed by atoms with Gasteiger partial charge >= 0.3 is 0 Å². The second kappa shape index (κ2) is 10.0. The van der Waals surface area contributed by atoms with Crippen molar-refractivity contribution in [2.45, 2.75) is 44.8 Å². The standard InChI is InChI=1S/C17H24ClFN4O2S/c1-3-4-5-13(19)14(8-9-20)23(2)17-22-21-16(26-17)12-7-6-11(18)10-15(12)25-24/h6-7,10,13-14,24H,3-5,8-9,20H2,1-2H3/t13-,14+/m0/s1. The molecule has 0 unspecified atom stereocenters. The lowest BCUT2D eigenvalue weighted by atomic mass is 10.0. The first-order chi connectivity index (χ1) is 12.5. The number of rotatable bonds is 10. The molecule has 6 nitrogen and oxygen atoms in total. The zero-order valence-corrected chi connectivity index (χ0v) is 16.4. The first kappa shape index (κ1) is 20.8. The van der Waals surface area contributed by atoms with Gasteiger partial charge < -0.3 is 15.5 Å². The molecule has 0 bridgehead atoms. The third-order valence-corrected chi connectivity index (χ3v) is 5.48. The molecule has 0 spiro atoms. The monoisotopic (exact) mass is 402 g/mol.